The van der Waals surface area contributed by atoms with Crippen LogP contribution in [-0.4, -0.2) is 24.2 Å². The van der Waals surface area contributed by atoms with Crippen LogP contribution in [0.3, 0.4) is 0 Å². The highest BCUT2D eigenvalue weighted by molar-refractivity contribution is 7.84. The molecule has 1 heterocycles. The van der Waals surface area contributed by atoms with E-state index in [2.05, 4.69) is 6.58 Å². The summed E-state index contributed by atoms with van der Waals surface area (Å²) < 4.78 is 14.0. The van der Waals surface area contributed by atoms with Crippen LogP contribution in [0.4, 0.5) is 5.69 Å². The van der Waals surface area contributed by atoms with Crippen molar-refractivity contribution in [2.24, 2.45) is 0 Å². The molecule has 0 bridgehead atoms. The molecule has 0 N–H and O–H groups in total. The van der Waals surface area contributed by atoms with Crippen molar-refractivity contribution in [3.63, 3.8) is 0 Å². The summed E-state index contributed by atoms with van der Waals surface area (Å²) in [5.41, 5.74) is 0.992. The molecule has 4 atom stereocenters. The molecule has 1 unspecified atom stereocenters. The molecule has 108 valence electrons. The maximum absolute atomic E-state index is 12.4. The Morgan fingerprint density at radius 3 is 2.30 bits per heavy atom. The quantitative estimate of drug-likeness (QED) is 0.371. The number of hydrogen-bond donors (Lipinski definition) is 0. The molecular formula is C14H18N2O3S. The van der Waals surface area contributed by atoms with Crippen molar-refractivity contribution in [2.45, 2.75) is 37.6 Å². The molecule has 1 saturated heterocycles. The molecule has 1 aliphatic heterocycles. The summed E-state index contributed by atoms with van der Waals surface area (Å²) in [6, 6.07) is 6.42. The third kappa shape index (κ3) is 2.66. The van der Waals surface area contributed by atoms with E-state index in [4.69, 9.17) is 0 Å². The maximum Gasteiger partial charge on any atom is 0.269 e. The highest BCUT2D eigenvalue weighted by Gasteiger charge is 2.52. The van der Waals surface area contributed by atoms with E-state index in [-0.39, 0.29) is 22.5 Å². The van der Waals surface area contributed by atoms with E-state index < -0.39 is 15.9 Å². The van der Waals surface area contributed by atoms with Gasteiger partial charge in [-0.05, 0) is 26.3 Å². The molecule has 0 aromatic heterocycles. The van der Waals surface area contributed by atoms with Crippen molar-refractivity contribution in [1.82, 2.24) is 4.31 Å². The van der Waals surface area contributed by atoms with Gasteiger partial charge in [0.15, 0.2) is 0 Å². The molecule has 1 aromatic rings. The zero-order chi connectivity index (χ0) is 15.1. The van der Waals surface area contributed by atoms with Gasteiger partial charge >= 0.3 is 0 Å². The minimum Gasteiger partial charge on any atom is -0.258 e. The second kappa shape index (κ2) is 5.10. The predicted molar refractivity (Wildman–Crippen MR) is 79.6 cm³/mol. The number of nitro benzene ring substituents is 1. The molecular weight excluding hydrogens is 276 g/mol. The molecule has 1 aliphatic rings. The van der Waals surface area contributed by atoms with Gasteiger partial charge in [-0.3, -0.25) is 10.1 Å². The Kier molecular flexibility index (Phi) is 3.80. The first-order valence-corrected chi connectivity index (χ1v) is 7.45. The highest BCUT2D eigenvalue weighted by atomic mass is 32.2. The summed E-state index contributed by atoms with van der Waals surface area (Å²) >= 11 is 0. The van der Waals surface area contributed by atoms with Crippen molar-refractivity contribution in [3.05, 3.63) is 52.6 Å². The van der Waals surface area contributed by atoms with Crippen molar-refractivity contribution < 1.29 is 9.13 Å². The smallest absolute Gasteiger partial charge is 0.258 e. The van der Waals surface area contributed by atoms with Crippen LogP contribution in [0.25, 0.3) is 0 Å². The Hall–Kier alpha value is -1.53. The SMILES string of the molecule is C=C[C@H]1[C@@H](c2ccc([N+](=O)[O-])cc2)N1[S@](=O)C(C)(C)C. The van der Waals surface area contributed by atoms with Crippen LogP contribution in [-0.2, 0) is 11.0 Å². The van der Waals surface area contributed by atoms with E-state index in [1.165, 1.54) is 12.1 Å². The fraction of sp³-hybridized carbons (Fsp3) is 0.429. The highest BCUT2D eigenvalue weighted by Crippen LogP contribution is 2.47. The lowest BCUT2D eigenvalue weighted by Gasteiger charge is -2.18. The second-order valence-electron chi connectivity index (χ2n) is 5.74. The summed E-state index contributed by atoms with van der Waals surface area (Å²) in [4.78, 5) is 10.2. The fourth-order valence-corrected chi connectivity index (χ4v) is 3.58. The first-order chi connectivity index (χ1) is 9.27. The van der Waals surface area contributed by atoms with Crippen LogP contribution >= 0.6 is 0 Å². The largest absolute Gasteiger partial charge is 0.269 e. The summed E-state index contributed by atoms with van der Waals surface area (Å²) in [6.07, 6.45) is 1.77. The lowest BCUT2D eigenvalue weighted by atomic mass is 10.1. The van der Waals surface area contributed by atoms with Crippen LogP contribution < -0.4 is 0 Å². The first-order valence-electron chi connectivity index (χ1n) is 6.34. The molecule has 1 fully saturated rings. The van der Waals surface area contributed by atoms with Crippen LogP contribution in [0.1, 0.15) is 32.4 Å². The molecule has 2 rings (SSSR count). The van der Waals surface area contributed by atoms with E-state index in [0.29, 0.717) is 0 Å². The van der Waals surface area contributed by atoms with Gasteiger partial charge in [-0.15, -0.1) is 6.58 Å². The van der Waals surface area contributed by atoms with Gasteiger partial charge in [-0.2, -0.15) is 0 Å². The number of benzene rings is 1. The van der Waals surface area contributed by atoms with Gasteiger partial charge in [0.1, 0.15) is 11.0 Å². The van der Waals surface area contributed by atoms with Crippen LogP contribution in [0.15, 0.2) is 36.9 Å². The Bertz CT molecular complexity index is 563. The molecule has 6 heteroatoms. The predicted octanol–water partition coefficient (Wildman–Crippen LogP) is 2.97. The van der Waals surface area contributed by atoms with E-state index in [1.807, 2.05) is 25.1 Å². The van der Waals surface area contributed by atoms with Gasteiger partial charge < -0.3 is 0 Å². The second-order valence-corrected chi connectivity index (χ2v) is 7.89. The Balaban J connectivity index is 2.23. The zero-order valence-corrected chi connectivity index (χ0v) is 12.6. The lowest BCUT2D eigenvalue weighted by Crippen LogP contribution is -2.28. The van der Waals surface area contributed by atoms with E-state index in [1.54, 1.807) is 18.2 Å². The van der Waals surface area contributed by atoms with Crippen molar-refractivity contribution in [2.75, 3.05) is 0 Å². The van der Waals surface area contributed by atoms with Crippen molar-refractivity contribution in [1.29, 1.82) is 0 Å². The Labute approximate surface area is 121 Å². The van der Waals surface area contributed by atoms with Crippen LogP contribution in [0.2, 0.25) is 0 Å². The van der Waals surface area contributed by atoms with E-state index in [0.717, 1.165) is 5.56 Å². The van der Waals surface area contributed by atoms with Gasteiger partial charge in [-0.25, -0.2) is 8.51 Å². The Morgan fingerprint density at radius 1 is 1.35 bits per heavy atom. The number of hydrogen-bond acceptors (Lipinski definition) is 3. The molecule has 0 saturated carbocycles. The molecule has 20 heavy (non-hydrogen) atoms. The average Bonchev–Trinajstić information content (AvgIpc) is 3.10. The summed E-state index contributed by atoms with van der Waals surface area (Å²) in [5, 5.41) is 10.7. The number of nitrogens with zero attached hydrogens (tertiary/aromatic N) is 2. The molecule has 1 aromatic carbocycles. The summed E-state index contributed by atoms with van der Waals surface area (Å²) in [7, 11) is -1.12. The summed E-state index contributed by atoms with van der Waals surface area (Å²) in [5.74, 6) is 0. The third-order valence-electron chi connectivity index (χ3n) is 3.20. The normalized spacial score (nSPS) is 26.9. The number of rotatable bonds is 4. The minimum absolute atomic E-state index is 0.00615. The monoisotopic (exact) mass is 294 g/mol. The number of nitro groups is 1. The topological polar surface area (TPSA) is 63.2 Å². The van der Waals surface area contributed by atoms with Gasteiger partial charge in [-0.1, -0.05) is 18.2 Å². The third-order valence-corrected chi connectivity index (χ3v) is 5.11. The molecule has 0 radical (unpaired) electrons. The van der Waals surface area contributed by atoms with Gasteiger partial charge in [0.05, 0.1) is 21.8 Å². The summed E-state index contributed by atoms with van der Waals surface area (Å²) in [6.45, 7) is 9.55. The zero-order valence-electron chi connectivity index (χ0n) is 11.8. The molecule has 5 nitrogen and oxygen atoms in total. The Morgan fingerprint density at radius 2 is 1.90 bits per heavy atom. The standard InChI is InChI=1S/C14H18N2O3S/c1-5-12-13(15(12)20(19)14(2,3)4)10-6-8-11(9-7-10)16(17)18/h5-9,12-13H,1H2,2-4H3/t12-,13+,15?,20+/m0/s1. The van der Waals surface area contributed by atoms with Crippen molar-refractivity contribution >= 4 is 16.7 Å². The van der Waals surface area contributed by atoms with E-state index >= 15 is 0 Å². The molecule has 0 aliphatic carbocycles. The fourth-order valence-electron chi connectivity index (χ4n) is 2.13. The maximum atomic E-state index is 12.4. The van der Waals surface area contributed by atoms with Gasteiger partial charge in [0, 0.05) is 12.1 Å². The molecule has 0 amide bonds. The van der Waals surface area contributed by atoms with Gasteiger partial charge in [0.25, 0.3) is 5.69 Å². The van der Waals surface area contributed by atoms with Crippen LogP contribution in [0.5, 0.6) is 0 Å². The van der Waals surface area contributed by atoms with Gasteiger partial charge in [0.2, 0.25) is 0 Å². The van der Waals surface area contributed by atoms with Crippen LogP contribution in [0, 0.1) is 10.1 Å². The lowest BCUT2D eigenvalue weighted by molar-refractivity contribution is -0.384. The molecule has 0 spiro atoms. The van der Waals surface area contributed by atoms with E-state index in [9.17, 15) is 14.3 Å². The van der Waals surface area contributed by atoms with Crippen molar-refractivity contribution in [3.8, 4) is 0 Å². The average molecular weight is 294 g/mol. The minimum atomic E-state index is -1.12. The number of non-ortho nitro benzene ring substituents is 1. The first kappa shape index (κ1) is 14.9.